The van der Waals surface area contributed by atoms with Gasteiger partial charge < -0.3 is 0 Å². The fraction of sp³-hybridized carbons (Fsp3) is 0. The molecule has 7 aromatic rings. The first-order valence-electron chi connectivity index (χ1n) is 12.1. The van der Waals surface area contributed by atoms with Crippen LogP contribution in [-0.4, -0.2) is 15.0 Å². The zero-order valence-corrected chi connectivity index (χ0v) is 20.5. The molecule has 0 atom stereocenters. The summed E-state index contributed by atoms with van der Waals surface area (Å²) in [7, 11) is 0. The van der Waals surface area contributed by atoms with E-state index in [2.05, 4.69) is 66.7 Å². The number of hydrogen-bond donors (Lipinski definition) is 0. The maximum absolute atomic E-state index is 6.53. The minimum atomic E-state index is 0.620. The maximum Gasteiger partial charge on any atom is 0.164 e. The van der Waals surface area contributed by atoms with Crippen molar-refractivity contribution < 1.29 is 0 Å². The average Bonchev–Trinajstić information content (AvgIpc) is 2.97. The highest BCUT2D eigenvalue weighted by Crippen LogP contribution is 2.34. The smallest absolute Gasteiger partial charge is 0.164 e. The molecule has 6 aromatic carbocycles. The normalized spacial score (nSPS) is 11.4. The lowest BCUT2D eigenvalue weighted by atomic mass is 10.0. The van der Waals surface area contributed by atoms with Gasteiger partial charge >= 0.3 is 0 Å². The maximum atomic E-state index is 6.53. The zero-order chi connectivity index (χ0) is 24.8. The van der Waals surface area contributed by atoms with Crippen molar-refractivity contribution in [3.63, 3.8) is 0 Å². The summed E-state index contributed by atoms with van der Waals surface area (Å²) in [5.74, 6) is 1.89. The van der Waals surface area contributed by atoms with Crippen LogP contribution in [0.15, 0.2) is 121 Å². The van der Waals surface area contributed by atoms with Crippen molar-refractivity contribution in [2.75, 3.05) is 0 Å². The van der Waals surface area contributed by atoms with Gasteiger partial charge in [0.25, 0.3) is 0 Å². The van der Waals surface area contributed by atoms with E-state index in [0.29, 0.717) is 22.5 Å². The van der Waals surface area contributed by atoms with Crippen molar-refractivity contribution in [3.8, 4) is 34.2 Å². The van der Waals surface area contributed by atoms with E-state index in [0.717, 1.165) is 38.2 Å². The highest BCUT2D eigenvalue weighted by molar-refractivity contribution is 6.36. The number of fused-ring (bicyclic) bond motifs is 3. The molecule has 4 heteroatoms. The Morgan fingerprint density at radius 3 is 1.49 bits per heavy atom. The number of nitrogens with zero attached hydrogens (tertiary/aromatic N) is 3. The lowest BCUT2D eigenvalue weighted by Crippen LogP contribution is -2.00. The summed E-state index contributed by atoms with van der Waals surface area (Å²) in [5, 5.41) is 7.34. The third-order valence-corrected chi connectivity index (χ3v) is 7.09. The molecular weight excluding hydrogens is 474 g/mol. The Morgan fingerprint density at radius 2 is 0.892 bits per heavy atom. The molecule has 0 unspecified atom stereocenters. The predicted octanol–water partition coefficient (Wildman–Crippen LogP) is 8.99. The third-order valence-electron chi connectivity index (χ3n) is 6.76. The highest BCUT2D eigenvalue weighted by atomic mass is 35.5. The summed E-state index contributed by atoms with van der Waals surface area (Å²) in [4.78, 5) is 14.9. The van der Waals surface area contributed by atoms with Gasteiger partial charge in [0.05, 0.1) is 0 Å². The fourth-order valence-corrected chi connectivity index (χ4v) is 5.10. The molecule has 0 radical (unpaired) electrons. The van der Waals surface area contributed by atoms with E-state index in [4.69, 9.17) is 26.6 Å². The van der Waals surface area contributed by atoms with Crippen molar-refractivity contribution in [1.82, 2.24) is 15.0 Å². The largest absolute Gasteiger partial charge is 0.208 e. The Bertz CT molecular complexity index is 1860. The first-order valence-corrected chi connectivity index (χ1v) is 12.5. The average molecular weight is 494 g/mol. The number of aromatic nitrogens is 3. The molecule has 0 aliphatic heterocycles. The minimum absolute atomic E-state index is 0.620. The minimum Gasteiger partial charge on any atom is -0.208 e. The third kappa shape index (κ3) is 3.90. The van der Waals surface area contributed by atoms with Crippen LogP contribution in [0.3, 0.4) is 0 Å². The van der Waals surface area contributed by atoms with Gasteiger partial charge in [-0.15, -0.1) is 0 Å². The molecule has 3 nitrogen and oxygen atoms in total. The van der Waals surface area contributed by atoms with Crippen LogP contribution in [0.1, 0.15) is 0 Å². The van der Waals surface area contributed by atoms with Crippen LogP contribution in [0, 0.1) is 0 Å². The summed E-state index contributed by atoms with van der Waals surface area (Å²) in [6, 6.07) is 41.3. The van der Waals surface area contributed by atoms with Gasteiger partial charge in [-0.2, -0.15) is 0 Å². The van der Waals surface area contributed by atoms with Crippen LogP contribution >= 0.6 is 11.6 Å². The highest BCUT2D eigenvalue weighted by Gasteiger charge is 2.15. The summed E-state index contributed by atoms with van der Waals surface area (Å²) >= 11 is 6.53. The van der Waals surface area contributed by atoms with Gasteiger partial charge in [-0.05, 0) is 51.2 Å². The van der Waals surface area contributed by atoms with Crippen molar-refractivity contribution in [2.45, 2.75) is 0 Å². The first-order chi connectivity index (χ1) is 18.2. The molecule has 0 saturated heterocycles. The Kier molecular flexibility index (Phi) is 5.16. The fourth-order valence-electron chi connectivity index (χ4n) is 4.87. The lowest BCUT2D eigenvalue weighted by molar-refractivity contribution is 1.08. The molecule has 0 N–H and O–H groups in total. The molecule has 0 bridgehead atoms. The van der Waals surface area contributed by atoms with E-state index in [9.17, 15) is 0 Å². The van der Waals surface area contributed by atoms with E-state index in [1.165, 1.54) is 10.8 Å². The van der Waals surface area contributed by atoms with Crippen molar-refractivity contribution in [2.24, 2.45) is 0 Å². The first kappa shape index (κ1) is 21.7. The van der Waals surface area contributed by atoms with Crippen molar-refractivity contribution >= 4 is 43.9 Å². The van der Waals surface area contributed by atoms with E-state index in [1.54, 1.807) is 0 Å². The summed E-state index contributed by atoms with van der Waals surface area (Å²) < 4.78 is 0. The van der Waals surface area contributed by atoms with Gasteiger partial charge in [0.15, 0.2) is 17.5 Å². The topological polar surface area (TPSA) is 38.7 Å². The predicted molar refractivity (Wildman–Crippen MR) is 154 cm³/mol. The molecule has 37 heavy (non-hydrogen) atoms. The SMILES string of the molecule is Clc1ccc(-c2nc(-c3ccc4ccccc4c3)nc(-c3ccc4ccccc4c3)n2)c2ccccc12. The number of hydrogen-bond acceptors (Lipinski definition) is 3. The number of rotatable bonds is 3. The van der Waals surface area contributed by atoms with E-state index < -0.39 is 0 Å². The van der Waals surface area contributed by atoms with Crippen LogP contribution in [0.5, 0.6) is 0 Å². The second-order valence-electron chi connectivity index (χ2n) is 9.07. The molecule has 0 saturated carbocycles. The van der Waals surface area contributed by atoms with E-state index in [1.807, 2.05) is 54.6 Å². The van der Waals surface area contributed by atoms with Gasteiger partial charge in [0.2, 0.25) is 0 Å². The van der Waals surface area contributed by atoms with Gasteiger partial charge in [-0.3, -0.25) is 0 Å². The molecule has 0 aliphatic rings. The summed E-state index contributed by atoms with van der Waals surface area (Å²) in [6.07, 6.45) is 0. The van der Waals surface area contributed by atoms with Gasteiger partial charge in [0.1, 0.15) is 0 Å². The summed E-state index contributed by atoms with van der Waals surface area (Å²) in [5.41, 5.74) is 2.82. The second-order valence-corrected chi connectivity index (χ2v) is 9.48. The molecular formula is C33H20ClN3. The Labute approximate surface area is 219 Å². The van der Waals surface area contributed by atoms with Crippen LogP contribution in [0.2, 0.25) is 5.02 Å². The molecule has 0 fully saturated rings. The molecule has 0 aliphatic carbocycles. The van der Waals surface area contributed by atoms with Crippen molar-refractivity contribution in [3.05, 3.63) is 126 Å². The monoisotopic (exact) mass is 493 g/mol. The lowest BCUT2D eigenvalue weighted by Gasteiger charge is -2.12. The van der Waals surface area contributed by atoms with E-state index in [-0.39, 0.29) is 0 Å². The van der Waals surface area contributed by atoms with Gasteiger partial charge in [-0.1, -0.05) is 109 Å². The van der Waals surface area contributed by atoms with Gasteiger partial charge in [0, 0.05) is 27.1 Å². The zero-order valence-electron chi connectivity index (χ0n) is 19.8. The molecule has 7 rings (SSSR count). The Morgan fingerprint density at radius 1 is 0.405 bits per heavy atom. The molecule has 0 amide bonds. The van der Waals surface area contributed by atoms with Crippen LogP contribution in [0.25, 0.3) is 66.5 Å². The quantitative estimate of drug-likeness (QED) is 0.246. The van der Waals surface area contributed by atoms with Gasteiger partial charge in [-0.25, -0.2) is 15.0 Å². The molecule has 174 valence electrons. The van der Waals surface area contributed by atoms with Crippen molar-refractivity contribution in [1.29, 1.82) is 0 Å². The molecule has 1 heterocycles. The Balaban J connectivity index is 1.49. The van der Waals surface area contributed by atoms with E-state index >= 15 is 0 Å². The second kappa shape index (κ2) is 8.81. The standard InChI is InChI=1S/C33H20ClN3/c34-30-18-17-29(27-11-5-6-12-28(27)30)33-36-31(25-15-13-21-7-1-3-9-23(21)19-25)35-32(37-33)26-16-14-22-8-2-4-10-24(22)20-26/h1-20H. The summed E-state index contributed by atoms with van der Waals surface area (Å²) in [6.45, 7) is 0. The number of benzene rings is 6. The number of halogens is 1. The molecule has 0 spiro atoms. The Hall–Kier alpha value is -4.60. The molecule has 1 aromatic heterocycles. The van der Waals surface area contributed by atoms with Crippen LogP contribution < -0.4 is 0 Å². The van der Waals surface area contributed by atoms with Crippen LogP contribution in [0.4, 0.5) is 0 Å². The van der Waals surface area contributed by atoms with Crippen LogP contribution in [-0.2, 0) is 0 Å².